The summed E-state index contributed by atoms with van der Waals surface area (Å²) in [5.74, 6) is -0.597. The number of esters is 1. The van der Waals surface area contributed by atoms with E-state index in [2.05, 4.69) is 0 Å². The third kappa shape index (κ3) is 2.01. The van der Waals surface area contributed by atoms with Gasteiger partial charge in [0.1, 0.15) is 5.82 Å². The molecule has 140 valence electrons. The molecule has 0 radical (unpaired) electrons. The van der Waals surface area contributed by atoms with E-state index in [9.17, 15) is 14.0 Å². The maximum Gasteiger partial charge on any atom is 0.313 e. The molecule has 4 rings (SSSR count). The predicted octanol–water partition coefficient (Wildman–Crippen LogP) is 2.60. The van der Waals surface area contributed by atoms with E-state index in [0.717, 1.165) is 0 Å². The molecule has 3 aliphatic rings. The Morgan fingerprint density at radius 3 is 2.27 bits per heavy atom. The highest BCUT2D eigenvalue weighted by Crippen LogP contribution is 2.65. The first-order chi connectivity index (χ1) is 12.2. The van der Waals surface area contributed by atoms with Gasteiger partial charge in [0.2, 0.25) is 0 Å². The molecule has 0 N–H and O–H groups in total. The molecule has 2 saturated heterocycles. The Bertz CT molecular complexity index is 772. The van der Waals surface area contributed by atoms with Crippen LogP contribution in [-0.2, 0) is 14.3 Å². The van der Waals surface area contributed by atoms with Gasteiger partial charge in [-0.3, -0.25) is 9.59 Å². The van der Waals surface area contributed by atoms with Crippen molar-refractivity contribution in [2.45, 2.75) is 39.2 Å². The van der Waals surface area contributed by atoms with Crippen LogP contribution in [0.5, 0.6) is 0 Å². The van der Waals surface area contributed by atoms with Crippen LogP contribution in [0.15, 0.2) is 24.3 Å². The lowest BCUT2D eigenvalue weighted by atomic mass is 9.66. The van der Waals surface area contributed by atoms with Gasteiger partial charge in [-0.25, -0.2) is 4.39 Å². The topological polar surface area (TPSA) is 49.9 Å². The number of halogens is 1. The number of ether oxygens (including phenoxy) is 1. The largest absolute Gasteiger partial charge is 0.448 e. The first kappa shape index (κ1) is 17.3. The van der Waals surface area contributed by atoms with Crippen LogP contribution in [0.2, 0.25) is 0 Å². The summed E-state index contributed by atoms with van der Waals surface area (Å²) in [6.45, 7) is 7.98. The summed E-state index contributed by atoms with van der Waals surface area (Å²) in [6, 6.07) is 6.70. The van der Waals surface area contributed by atoms with Gasteiger partial charge in [-0.15, -0.1) is 0 Å². The molecule has 1 aromatic rings. The first-order valence-corrected chi connectivity index (χ1v) is 9.25. The number of anilines is 1. The number of benzene rings is 1. The zero-order chi connectivity index (χ0) is 18.7. The average molecular weight is 360 g/mol. The van der Waals surface area contributed by atoms with Crippen molar-refractivity contribution in [1.29, 1.82) is 0 Å². The number of carbonyl (C=O) groups excluding carboxylic acids is 2. The Kier molecular flexibility index (Phi) is 3.62. The van der Waals surface area contributed by atoms with Crippen LogP contribution in [0.1, 0.15) is 33.6 Å². The number of para-hydroxylation sites is 1. The molecule has 5 nitrogen and oxygen atoms in total. The molecular formula is C20H25FN2O3. The first-order valence-electron chi connectivity index (χ1n) is 9.25. The minimum absolute atomic E-state index is 0.0924. The Morgan fingerprint density at radius 2 is 1.73 bits per heavy atom. The maximum absolute atomic E-state index is 14.0. The molecule has 0 unspecified atom stereocenters. The summed E-state index contributed by atoms with van der Waals surface area (Å²) in [6.07, 6.45) is 1.26. The van der Waals surface area contributed by atoms with Crippen molar-refractivity contribution in [1.82, 2.24) is 4.90 Å². The van der Waals surface area contributed by atoms with Gasteiger partial charge in [-0.05, 0) is 31.9 Å². The number of fused-ring (bicyclic) bond motifs is 2. The fourth-order valence-electron chi connectivity index (χ4n) is 4.84. The van der Waals surface area contributed by atoms with Crippen LogP contribution in [-0.4, -0.2) is 48.6 Å². The summed E-state index contributed by atoms with van der Waals surface area (Å²) < 4.78 is 19.7. The van der Waals surface area contributed by atoms with E-state index in [1.165, 1.54) is 6.07 Å². The fraction of sp³-hybridized carbons (Fsp3) is 0.600. The second-order valence-electron chi connectivity index (χ2n) is 8.40. The highest BCUT2D eigenvalue weighted by Gasteiger charge is 2.76. The predicted molar refractivity (Wildman–Crippen MR) is 95.1 cm³/mol. The molecule has 2 atom stereocenters. The number of piperazine rings is 1. The van der Waals surface area contributed by atoms with Gasteiger partial charge in [-0.2, -0.15) is 0 Å². The Labute approximate surface area is 153 Å². The van der Waals surface area contributed by atoms with Crippen molar-refractivity contribution in [3.63, 3.8) is 0 Å². The molecular weight excluding hydrogens is 335 g/mol. The van der Waals surface area contributed by atoms with Gasteiger partial charge in [-0.1, -0.05) is 26.0 Å². The van der Waals surface area contributed by atoms with Gasteiger partial charge in [0.15, 0.2) is 5.60 Å². The van der Waals surface area contributed by atoms with E-state index in [1.54, 1.807) is 17.0 Å². The van der Waals surface area contributed by atoms with Crippen molar-refractivity contribution in [2.75, 3.05) is 31.1 Å². The van der Waals surface area contributed by atoms with Gasteiger partial charge in [0.25, 0.3) is 5.91 Å². The van der Waals surface area contributed by atoms with Gasteiger partial charge in [0, 0.05) is 31.6 Å². The number of hydrogen-bond donors (Lipinski definition) is 0. The second kappa shape index (κ2) is 5.44. The van der Waals surface area contributed by atoms with E-state index in [4.69, 9.17) is 4.74 Å². The van der Waals surface area contributed by atoms with Crippen LogP contribution in [0, 0.1) is 16.6 Å². The Hall–Kier alpha value is -2.11. The molecule has 3 fully saturated rings. The molecule has 2 bridgehead atoms. The van der Waals surface area contributed by atoms with Gasteiger partial charge < -0.3 is 14.5 Å². The number of carbonyl (C=O) groups is 2. The average Bonchev–Trinajstić information content (AvgIpc) is 2.92. The molecule has 1 aromatic carbocycles. The highest BCUT2D eigenvalue weighted by molar-refractivity contribution is 5.96. The number of hydrogen-bond acceptors (Lipinski definition) is 4. The summed E-state index contributed by atoms with van der Waals surface area (Å²) in [5.41, 5.74) is -1.62. The minimum atomic E-state index is -1.06. The molecule has 0 spiro atoms. The molecule has 0 aromatic heterocycles. The molecule has 1 saturated carbocycles. The summed E-state index contributed by atoms with van der Waals surface area (Å²) >= 11 is 0. The SMILES string of the molecule is CC1(C)[C@@]2(C)CC[C@@]1(C(=O)N1CCN(c3ccccc3F)CC1)OC2=O. The zero-order valence-electron chi connectivity index (χ0n) is 15.5. The smallest absolute Gasteiger partial charge is 0.313 e. The lowest BCUT2D eigenvalue weighted by Crippen LogP contribution is -2.59. The van der Waals surface area contributed by atoms with Crippen LogP contribution in [0.4, 0.5) is 10.1 Å². The minimum Gasteiger partial charge on any atom is -0.448 e. The third-order valence-electron chi connectivity index (χ3n) is 7.19. The Morgan fingerprint density at radius 1 is 1.08 bits per heavy atom. The van der Waals surface area contributed by atoms with Crippen molar-refractivity contribution in [2.24, 2.45) is 10.8 Å². The standard InChI is InChI=1S/C20H25FN2O3/c1-18(2)19(3)8-9-20(18,26-17(19)25)16(24)23-12-10-22(11-13-23)15-7-5-4-6-14(15)21/h4-7H,8-13H2,1-3H3/t19-,20-/m0/s1. The summed E-state index contributed by atoms with van der Waals surface area (Å²) in [7, 11) is 0. The lowest BCUT2D eigenvalue weighted by Gasteiger charge is -2.42. The van der Waals surface area contributed by atoms with Crippen LogP contribution in [0.25, 0.3) is 0 Å². The van der Waals surface area contributed by atoms with E-state index < -0.39 is 16.4 Å². The second-order valence-corrected chi connectivity index (χ2v) is 8.40. The summed E-state index contributed by atoms with van der Waals surface area (Å²) in [5, 5.41) is 0. The van der Waals surface area contributed by atoms with Crippen molar-refractivity contribution < 1.29 is 18.7 Å². The molecule has 1 aliphatic carbocycles. The monoisotopic (exact) mass is 360 g/mol. The van der Waals surface area contributed by atoms with Crippen molar-refractivity contribution in [3.05, 3.63) is 30.1 Å². The number of amides is 1. The van der Waals surface area contributed by atoms with Crippen molar-refractivity contribution in [3.8, 4) is 0 Å². The molecule has 6 heteroatoms. The number of rotatable bonds is 2. The van der Waals surface area contributed by atoms with Crippen LogP contribution < -0.4 is 4.90 Å². The van der Waals surface area contributed by atoms with E-state index in [-0.39, 0.29) is 17.7 Å². The molecule has 26 heavy (non-hydrogen) atoms. The van der Waals surface area contributed by atoms with Gasteiger partial charge >= 0.3 is 5.97 Å². The normalized spacial score (nSPS) is 32.7. The maximum atomic E-state index is 14.0. The third-order valence-corrected chi connectivity index (χ3v) is 7.19. The van der Waals surface area contributed by atoms with Crippen molar-refractivity contribution >= 4 is 17.6 Å². The quantitative estimate of drug-likeness (QED) is 0.761. The lowest BCUT2D eigenvalue weighted by molar-refractivity contribution is -0.174. The van der Waals surface area contributed by atoms with Crippen LogP contribution in [0.3, 0.4) is 0 Å². The van der Waals surface area contributed by atoms with Crippen LogP contribution >= 0.6 is 0 Å². The summed E-state index contributed by atoms with van der Waals surface area (Å²) in [4.78, 5) is 29.5. The fourth-order valence-corrected chi connectivity index (χ4v) is 4.84. The molecule has 2 heterocycles. The Balaban J connectivity index is 1.51. The van der Waals surface area contributed by atoms with E-state index >= 15 is 0 Å². The zero-order valence-corrected chi connectivity index (χ0v) is 15.5. The highest BCUT2D eigenvalue weighted by atomic mass is 19.1. The van der Waals surface area contributed by atoms with E-state index in [1.807, 2.05) is 31.7 Å². The van der Waals surface area contributed by atoms with E-state index in [0.29, 0.717) is 44.7 Å². The molecule has 1 amide bonds. The molecule has 2 aliphatic heterocycles. The number of nitrogens with zero attached hydrogens (tertiary/aromatic N) is 2. The van der Waals surface area contributed by atoms with Gasteiger partial charge in [0.05, 0.1) is 11.1 Å².